The molecule has 0 radical (unpaired) electrons. The second-order valence-electron chi connectivity index (χ2n) is 5.69. The number of hydrogen-bond acceptors (Lipinski definition) is 2. The molecule has 0 N–H and O–H groups in total. The highest BCUT2D eigenvalue weighted by Crippen LogP contribution is 2.44. The van der Waals surface area contributed by atoms with Crippen LogP contribution in [-0.4, -0.2) is 30.3 Å². The fourth-order valence-electron chi connectivity index (χ4n) is 2.93. The third-order valence-corrected chi connectivity index (χ3v) is 4.61. The SMILES string of the molecule is CCN(CC)CC(=O)C1(c2ccc(C)cc2)CCC1. The topological polar surface area (TPSA) is 20.3 Å². The monoisotopic (exact) mass is 259 g/mol. The lowest BCUT2D eigenvalue weighted by molar-refractivity contribution is -0.128. The lowest BCUT2D eigenvalue weighted by Gasteiger charge is -2.42. The first-order valence-corrected chi connectivity index (χ1v) is 7.45. The van der Waals surface area contributed by atoms with Gasteiger partial charge in [0.15, 0.2) is 5.78 Å². The molecule has 0 heterocycles. The van der Waals surface area contributed by atoms with Crippen molar-refractivity contribution in [1.82, 2.24) is 4.90 Å². The van der Waals surface area contributed by atoms with Gasteiger partial charge in [-0.3, -0.25) is 9.69 Å². The van der Waals surface area contributed by atoms with Crippen LogP contribution < -0.4 is 0 Å². The van der Waals surface area contributed by atoms with E-state index >= 15 is 0 Å². The van der Waals surface area contributed by atoms with Crippen LogP contribution in [0.1, 0.15) is 44.2 Å². The quantitative estimate of drug-likeness (QED) is 0.781. The Bertz CT molecular complexity index is 427. The molecule has 1 fully saturated rings. The third-order valence-electron chi connectivity index (χ3n) is 4.61. The Balaban J connectivity index is 2.18. The lowest BCUT2D eigenvalue weighted by atomic mass is 9.61. The molecule has 19 heavy (non-hydrogen) atoms. The summed E-state index contributed by atoms with van der Waals surface area (Å²) in [5.74, 6) is 0.409. The highest BCUT2D eigenvalue weighted by molar-refractivity contribution is 5.92. The zero-order valence-electron chi connectivity index (χ0n) is 12.4. The van der Waals surface area contributed by atoms with Crippen molar-refractivity contribution >= 4 is 5.78 Å². The number of carbonyl (C=O) groups is 1. The van der Waals surface area contributed by atoms with Gasteiger partial charge in [-0.2, -0.15) is 0 Å². The van der Waals surface area contributed by atoms with Crippen molar-refractivity contribution in [1.29, 1.82) is 0 Å². The number of rotatable bonds is 6. The van der Waals surface area contributed by atoms with Gasteiger partial charge >= 0.3 is 0 Å². The summed E-state index contributed by atoms with van der Waals surface area (Å²) in [6.07, 6.45) is 3.23. The van der Waals surface area contributed by atoms with Crippen LogP contribution in [0.15, 0.2) is 24.3 Å². The van der Waals surface area contributed by atoms with E-state index in [-0.39, 0.29) is 5.41 Å². The Morgan fingerprint density at radius 3 is 2.16 bits per heavy atom. The zero-order chi connectivity index (χ0) is 13.9. The third kappa shape index (κ3) is 2.74. The molecule has 0 saturated heterocycles. The van der Waals surface area contributed by atoms with E-state index in [4.69, 9.17) is 0 Å². The van der Waals surface area contributed by atoms with E-state index in [1.54, 1.807) is 0 Å². The van der Waals surface area contributed by atoms with E-state index in [0.717, 1.165) is 25.9 Å². The van der Waals surface area contributed by atoms with Crippen LogP contribution in [0.5, 0.6) is 0 Å². The van der Waals surface area contributed by atoms with Crippen molar-refractivity contribution < 1.29 is 4.79 Å². The van der Waals surface area contributed by atoms with Crippen LogP contribution in [0.3, 0.4) is 0 Å². The van der Waals surface area contributed by atoms with Gasteiger partial charge < -0.3 is 0 Å². The van der Waals surface area contributed by atoms with Crippen molar-refractivity contribution in [3.63, 3.8) is 0 Å². The summed E-state index contributed by atoms with van der Waals surface area (Å²) in [4.78, 5) is 14.9. The molecule has 0 spiro atoms. The Kier molecular flexibility index (Phi) is 4.41. The zero-order valence-corrected chi connectivity index (χ0v) is 12.4. The van der Waals surface area contributed by atoms with E-state index in [1.807, 2.05) is 0 Å². The minimum absolute atomic E-state index is 0.184. The van der Waals surface area contributed by atoms with E-state index in [1.165, 1.54) is 17.5 Å². The second kappa shape index (κ2) is 5.87. The molecule has 2 nitrogen and oxygen atoms in total. The number of Topliss-reactive ketones (excluding diaryl/α,β-unsaturated/α-hetero) is 1. The molecule has 0 atom stereocenters. The van der Waals surface area contributed by atoms with Gasteiger partial charge in [0, 0.05) is 0 Å². The van der Waals surface area contributed by atoms with Crippen molar-refractivity contribution in [3.05, 3.63) is 35.4 Å². The van der Waals surface area contributed by atoms with Crippen LogP contribution in [0.2, 0.25) is 0 Å². The Morgan fingerprint density at radius 2 is 1.74 bits per heavy atom. The smallest absolute Gasteiger partial charge is 0.157 e. The Hall–Kier alpha value is -1.15. The van der Waals surface area contributed by atoms with Crippen molar-refractivity contribution in [3.8, 4) is 0 Å². The number of hydrogen-bond donors (Lipinski definition) is 0. The van der Waals surface area contributed by atoms with Gasteiger partial charge in [-0.1, -0.05) is 50.1 Å². The van der Waals surface area contributed by atoms with Crippen molar-refractivity contribution in [2.75, 3.05) is 19.6 Å². The first kappa shape index (κ1) is 14.3. The minimum Gasteiger partial charge on any atom is -0.297 e. The molecule has 0 aliphatic heterocycles. The normalized spacial score (nSPS) is 17.3. The Morgan fingerprint density at radius 1 is 1.16 bits per heavy atom. The fraction of sp³-hybridized carbons (Fsp3) is 0.588. The van der Waals surface area contributed by atoms with Gasteiger partial charge in [0.05, 0.1) is 12.0 Å². The van der Waals surface area contributed by atoms with E-state index in [2.05, 4.69) is 49.9 Å². The molecule has 104 valence electrons. The highest BCUT2D eigenvalue weighted by Gasteiger charge is 2.45. The van der Waals surface area contributed by atoms with Crippen LogP contribution in [-0.2, 0) is 10.2 Å². The Labute approximate surface area is 116 Å². The summed E-state index contributed by atoms with van der Waals surface area (Å²) < 4.78 is 0. The van der Waals surface area contributed by atoms with Gasteiger partial charge in [-0.05, 0) is 38.4 Å². The molecule has 2 heteroatoms. The predicted octanol–water partition coefficient (Wildman–Crippen LogP) is 3.33. The molecule has 2 rings (SSSR count). The molecule has 0 aromatic heterocycles. The molecule has 1 aromatic carbocycles. The number of likely N-dealkylation sites (N-methyl/N-ethyl adjacent to an activating group) is 1. The average molecular weight is 259 g/mol. The number of aryl methyl sites for hydroxylation is 1. The average Bonchev–Trinajstić information content (AvgIpc) is 2.37. The molecule has 1 aliphatic carbocycles. The molecule has 1 aromatic rings. The summed E-state index contributed by atoms with van der Waals surface area (Å²) in [6.45, 7) is 8.83. The summed E-state index contributed by atoms with van der Waals surface area (Å²) in [7, 11) is 0. The van der Waals surface area contributed by atoms with Crippen molar-refractivity contribution in [2.24, 2.45) is 0 Å². The fourth-order valence-corrected chi connectivity index (χ4v) is 2.93. The van der Waals surface area contributed by atoms with Crippen molar-refractivity contribution in [2.45, 2.75) is 45.4 Å². The maximum absolute atomic E-state index is 12.7. The standard InChI is InChI=1S/C17H25NO/c1-4-18(5-2)13-16(19)17(11-6-12-17)15-9-7-14(3)8-10-15/h7-10H,4-6,11-13H2,1-3H3. The summed E-state index contributed by atoms with van der Waals surface area (Å²) >= 11 is 0. The van der Waals surface area contributed by atoms with E-state index in [0.29, 0.717) is 12.3 Å². The molecule has 1 aliphatic rings. The maximum atomic E-state index is 12.7. The summed E-state index contributed by atoms with van der Waals surface area (Å²) in [5.41, 5.74) is 2.30. The maximum Gasteiger partial charge on any atom is 0.157 e. The second-order valence-corrected chi connectivity index (χ2v) is 5.69. The molecule has 0 bridgehead atoms. The van der Waals surface area contributed by atoms with Gasteiger partial charge in [0.25, 0.3) is 0 Å². The number of carbonyl (C=O) groups excluding carboxylic acids is 1. The van der Waals surface area contributed by atoms with E-state index < -0.39 is 0 Å². The van der Waals surface area contributed by atoms with Crippen LogP contribution >= 0.6 is 0 Å². The van der Waals surface area contributed by atoms with Crippen LogP contribution in [0, 0.1) is 6.92 Å². The molecule has 0 amide bonds. The van der Waals surface area contributed by atoms with Gasteiger partial charge in [-0.25, -0.2) is 0 Å². The van der Waals surface area contributed by atoms with Crippen LogP contribution in [0.4, 0.5) is 0 Å². The highest BCUT2D eigenvalue weighted by atomic mass is 16.1. The molecular weight excluding hydrogens is 234 g/mol. The molecule has 1 saturated carbocycles. The van der Waals surface area contributed by atoms with Gasteiger partial charge in [-0.15, -0.1) is 0 Å². The van der Waals surface area contributed by atoms with E-state index in [9.17, 15) is 4.79 Å². The molecule has 0 unspecified atom stereocenters. The number of nitrogens with zero attached hydrogens (tertiary/aromatic N) is 1. The first-order chi connectivity index (χ1) is 9.12. The largest absolute Gasteiger partial charge is 0.297 e. The number of benzene rings is 1. The number of ketones is 1. The summed E-state index contributed by atoms with van der Waals surface area (Å²) in [5, 5.41) is 0. The lowest BCUT2D eigenvalue weighted by Crippen LogP contribution is -2.47. The predicted molar refractivity (Wildman–Crippen MR) is 79.5 cm³/mol. The minimum atomic E-state index is -0.184. The summed E-state index contributed by atoms with van der Waals surface area (Å²) in [6, 6.07) is 8.55. The first-order valence-electron chi connectivity index (χ1n) is 7.45. The molecular formula is C17H25NO. The van der Waals surface area contributed by atoms with Crippen LogP contribution in [0.25, 0.3) is 0 Å². The van der Waals surface area contributed by atoms with Gasteiger partial charge in [0.1, 0.15) is 0 Å². The van der Waals surface area contributed by atoms with Gasteiger partial charge in [0.2, 0.25) is 0 Å².